The van der Waals surface area contributed by atoms with Gasteiger partial charge in [-0.1, -0.05) is 0 Å². The molecular weight excluding hydrogens is 226 g/mol. The molecule has 6 heteroatoms. The van der Waals surface area contributed by atoms with E-state index in [2.05, 4.69) is 0 Å². The lowest BCUT2D eigenvalue weighted by Crippen LogP contribution is -2.62. The zero-order chi connectivity index (χ0) is 12.1. The van der Waals surface area contributed by atoms with Gasteiger partial charge in [-0.2, -0.15) is 0 Å². The lowest BCUT2D eigenvalue weighted by molar-refractivity contribution is -0.358. The van der Waals surface area contributed by atoms with E-state index in [1.54, 1.807) is 0 Å². The first-order valence-corrected chi connectivity index (χ1v) is 8.10. The highest BCUT2D eigenvalue weighted by Gasteiger charge is 2.49. The fraction of sp³-hybridized carbons (Fsp3) is 1.00. The third-order valence-corrected chi connectivity index (χ3v) is 4.94. The maximum atomic E-state index is 6.14. The van der Waals surface area contributed by atoms with Gasteiger partial charge in [0.05, 0.1) is 0 Å². The molecule has 0 radical (unpaired) electrons. The molecule has 0 spiro atoms. The van der Waals surface area contributed by atoms with Crippen LogP contribution in [0.4, 0.5) is 0 Å². The van der Waals surface area contributed by atoms with Gasteiger partial charge in [-0.05, 0) is 27.2 Å². The molecule has 96 valence electrons. The first-order chi connectivity index (χ1) is 7.60. The highest BCUT2D eigenvalue weighted by molar-refractivity contribution is 6.64. The maximum absolute atomic E-state index is 6.14. The van der Waals surface area contributed by atoms with Crippen LogP contribution in [0.1, 0.15) is 33.6 Å². The SMILES string of the molecule is CCOC1(OCC)CCC[Si](N)(OCC)O1. The quantitative estimate of drug-likeness (QED) is 0.570. The Hall–Kier alpha value is 0.0169. The number of rotatable bonds is 6. The van der Waals surface area contributed by atoms with Gasteiger partial charge >= 0.3 is 8.72 Å². The van der Waals surface area contributed by atoms with Crippen LogP contribution in [0.3, 0.4) is 0 Å². The number of nitrogens with two attached hydrogens (primary N) is 1. The topological polar surface area (TPSA) is 62.9 Å². The van der Waals surface area contributed by atoms with Crippen molar-refractivity contribution in [2.24, 2.45) is 5.40 Å². The van der Waals surface area contributed by atoms with E-state index in [0.717, 1.165) is 12.5 Å². The second kappa shape index (κ2) is 6.09. The Bertz CT molecular complexity index is 201. The summed E-state index contributed by atoms with van der Waals surface area (Å²) in [4.78, 5) is 0. The summed E-state index contributed by atoms with van der Waals surface area (Å²) in [6.07, 6.45) is 1.64. The maximum Gasteiger partial charge on any atom is 0.426 e. The van der Waals surface area contributed by atoms with Crippen molar-refractivity contribution in [2.75, 3.05) is 19.8 Å². The van der Waals surface area contributed by atoms with E-state index >= 15 is 0 Å². The first kappa shape index (κ1) is 14.1. The molecule has 1 saturated heterocycles. The predicted molar refractivity (Wildman–Crippen MR) is 62.7 cm³/mol. The van der Waals surface area contributed by atoms with Crippen LogP contribution in [0.5, 0.6) is 0 Å². The molecule has 2 N–H and O–H groups in total. The van der Waals surface area contributed by atoms with Gasteiger partial charge in [0, 0.05) is 32.3 Å². The van der Waals surface area contributed by atoms with Crippen LogP contribution in [0.15, 0.2) is 0 Å². The Morgan fingerprint density at radius 2 is 1.81 bits per heavy atom. The van der Waals surface area contributed by atoms with E-state index in [0.29, 0.717) is 26.2 Å². The lowest BCUT2D eigenvalue weighted by Gasteiger charge is -2.42. The van der Waals surface area contributed by atoms with Crippen molar-refractivity contribution in [3.05, 3.63) is 0 Å². The molecule has 0 aromatic rings. The highest BCUT2D eigenvalue weighted by atomic mass is 28.4. The third kappa shape index (κ3) is 3.51. The zero-order valence-corrected chi connectivity index (χ0v) is 11.5. The molecule has 1 fully saturated rings. The van der Waals surface area contributed by atoms with Gasteiger partial charge in [0.15, 0.2) is 0 Å². The van der Waals surface area contributed by atoms with Crippen molar-refractivity contribution in [3.63, 3.8) is 0 Å². The molecule has 0 aromatic heterocycles. The second-order valence-corrected chi connectivity index (χ2v) is 6.37. The molecule has 0 saturated carbocycles. The molecule has 1 aliphatic rings. The van der Waals surface area contributed by atoms with Crippen molar-refractivity contribution >= 4 is 8.72 Å². The van der Waals surface area contributed by atoms with Crippen LogP contribution in [0, 0.1) is 0 Å². The number of hydrogen-bond donors (Lipinski definition) is 1. The van der Waals surface area contributed by atoms with E-state index in [1.165, 1.54) is 0 Å². The van der Waals surface area contributed by atoms with E-state index in [1.807, 2.05) is 20.8 Å². The van der Waals surface area contributed by atoms with Crippen LogP contribution in [0.2, 0.25) is 6.04 Å². The minimum atomic E-state index is -2.60. The van der Waals surface area contributed by atoms with Gasteiger partial charge in [-0.15, -0.1) is 0 Å². The average molecular weight is 249 g/mol. The molecule has 1 aliphatic heterocycles. The minimum absolute atomic E-state index is 0.538. The fourth-order valence-electron chi connectivity index (χ4n) is 1.95. The van der Waals surface area contributed by atoms with Gasteiger partial charge < -0.3 is 23.7 Å². The highest BCUT2D eigenvalue weighted by Crippen LogP contribution is 2.33. The van der Waals surface area contributed by atoms with Crippen LogP contribution in [0.25, 0.3) is 0 Å². The van der Waals surface area contributed by atoms with E-state index in [9.17, 15) is 0 Å². The Labute approximate surface area is 98.5 Å². The molecule has 0 bridgehead atoms. The second-order valence-electron chi connectivity index (χ2n) is 3.75. The van der Waals surface area contributed by atoms with Crippen LogP contribution < -0.4 is 5.40 Å². The van der Waals surface area contributed by atoms with Crippen molar-refractivity contribution < 1.29 is 18.3 Å². The Balaban J connectivity index is 2.69. The van der Waals surface area contributed by atoms with Crippen molar-refractivity contribution in [1.29, 1.82) is 0 Å². The molecule has 1 rings (SSSR count). The van der Waals surface area contributed by atoms with Crippen molar-refractivity contribution in [3.8, 4) is 0 Å². The van der Waals surface area contributed by atoms with Gasteiger partial charge in [0.25, 0.3) is 5.97 Å². The Morgan fingerprint density at radius 3 is 2.31 bits per heavy atom. The predicted octanol–water partition coefficient (Wildman–Crippen LogP) is 1.46. The molecule has 5 nitrogen and oxygen atoms in total. The summed E-state index contributed by atoms with van der Waals surface area (Å²) in [5.41, 5.74) is 0. The largest absolute Gasteiger partial charge is 0.426 e. The molecule has 0 aliphatic carbocycles. The molecule has 1 unspecified atom stereocenters. The normalized spacial score (nSPS) is 29.2. The van der Waals surface area contributed by atoms with Crippen molar-refractivity contribution in [1.82, 2.24) is 0 Å². The van der Waals surface area contributed by atoms with Crippen LogP contribution >= 0.6 is 0 Å². The zero-order valence-electron chi connectivity index (χ0n) is 10.5. The van der Waals surface area contributed by atoms with Gasteiger partial charge in [0.1, 0.15) is 0 Å². The third-order valence-electron chi connectivity index (χ3n) is 2.45. The van der Waals surface area contributed by atoms with Crippen LogP contribution in [-0.2, 0) is 18.3 Å². The Morgan fingerprint density at radius 1 is 1.19 bits per heavy atom. The van der Waals surface area contributed by atoms with Crippen LogP contribution in [-0.4, -0.2) is 34.5 Å². The summed E-state index contributed by atoms with van der Waals surface area (Å²) in [7, 11) is -2.60. The number of hydrogen-bond acceptors (Lipinski definition) is 5. The average Bonchev–Trinajstić information content (AvgIpc) is 2.18. The van der Waals surface area contributed by atoms with Gasteiger partial charge in [-0.3, -0.25) is 0 Å². The Kier molecular flexibility index (Phi) is 5.36. The van der Waals surface area contributed by atoms with Crippen molar-refractivity contribution in [2.45, 2.75) is 45.6 Å². The summed E-state index contributed by atoms with van der Waals surface area (Å²) in [5.74, 6) is -0.974. The molecular formula is C10H23NO4Si. The van der Waals surface area contributed by atoms with E-state index < -0.39 is 14.7 Å². The summed E-state index contributed by atoms with van der Waals surface area (Å²) in [6, 6.07) is 0.794. The summed E-state index contributed by atoms with van der Waals surface area (Å²) >= 11 is 0. The minimum Gasteiger partial charge on any atom is -0.383 e. The standard InChI is InChI=1S/C10H23NO4Si/c1-4-12-10(13-5-2)8-7-9-16(11,15-10)14-6-3/h4-9,11H2,1-3H3. The monoisotopic (exact) mass is 249 g/mol. The fourth-order valence-corrected chi connectivity index (χ4v) is 4.16. The van der Waals surface area contributed by atoms with Gasteiger partial charge in [-0.25, -0.2) is 0 Å². The molecule has 1 heterocycles. The molecule has 0 amide bonds. The summed E-state index contributed by atoms with van der Waals surface area (Å²) in [5, 5.41) is 6.14. The smallest absolute Gasteiger partial charge is 0.383 e. The lowest BCUT2D eigenvalue weighted by atomic mass is 10.3. The van der Waals surface area contributed by atoms with E-state index in [4.69, 9.17) is 23.7 Å². The molecule has 0 aromatic carbocycles. The summed E-state index contributed by atoms with van der Waals surface area (Å²) in [6.45, 7) is 7.39. The summed E-state index contributed by atoms with van der Waals surface area (Å²) < 4.78 is 22.6. The molecule has 1 atom stereocenters. The number of ether oxygens (including phenoxy) is 2. The molecule has 16 heavy (non-hydrogen) atoms. The van der Waals surface area contributed by atoms with E-state index in [-0.39, 0.29) is 0 Å². The van der Waals surface area contributed by atoms with Gasteiger partial charge in [0.2, 0.25) is 0 Å². The first-order valence-electron chi connectivity index (χ1n) is 6.00.